The van der Waals surface area contributed by atoms with Gasteiger partial charge in [-0.05, 0) is 18.4 Å². The van der Waals surface area contributed by atoms with E-state index in [1.54, 1.807) is 24.3 Å². The Balaban J connectivity index is 1.94. The van der Waals surface area contributed by atoms with Crippen LogP contribution in [0.3, 0.4) is 0 Å². The summed E-state index contributed by atoms with van der Waals surface area (Å²) in [5, 5.41) is 0. The number of allylic oxidation sites excluding steroid dienone is 6. The number of hydrogen-bond acceptors (Lipinski definition) is 2. The van der Waals surface area contributed by atoms with E-state index in [4.69, 9.17) is 0 Å². The Morgan fingerprint density at radius 1 is 0.944 bits per heavy atom. The first kappa shape index (κ1) is 10.9. The molecule has 1 aromatic rings. The van der Waals surface area contributed by atoms with E-state index in [9.17, 15) is 9.59 Å². The molecule has 3 rings (SSSR count). The van der Waals surface area contributed by atoms with Crippen molar-refractivity contribution in [3.63, 3.8) is 0 Å². The van der Waals surface area contributed by atoms with Crippen LogP contribution in [0.15, 0.2) is 60.2 Å². The quantitative estimate of drug-likeness (QED) is 0.790. The molecule has 0 aliphatic heterocycles. The van der Waals surface area contributed by atoms with Gasteiger partial charge in [0.15, 0.2) is 11.6 Å². The Kier molecular flexibility index (Phi) is 2.56. The Morgan fingerprint density at radius 2 is 1.61 bits per heavy atom. The molecule has 0 saturated carbocycles. The Morgan fingerprint density at radius 3 is 2.33 bits per heavy atom. The third-order valence-electron chi connectivity index (χ3n) is 3.32. The molecule has 2 nitrogen and oxygen atoms in total. The summed E-state index contributed by atoms with van der Waals surface area (Å²) in [6.45, 7) is 0. The van der Waals surface area contributed by atoms with Crippen LogP contribution in [0, 0.1) is 5.92 Å². The first-order chi connectivity index (χ1) is 8.75. The van der Waals surface area contributed by atoms with Gasteiger partial charge in [-0.2, -0.15) is 0 Å². The van der Waals surface area contributed by atoms with Crippen molar-refractivity contribution >= 4 is 11.6 Å². The highest BCUT2D eigenvalue weighted by atomic mass is 16.1. The monoisotopic (exact) mass is 236 g/mol. The van der Waals surface area contributed by atoms with E-state index in [2.05, 4.69) is 0 Å². The van der Waals surface area contributed by atoms with Crippen LogP contribution in [0.4, 0.5) is 0 Å². The topological polar surface area (TPSA) is 34.1 Å². The average molecular weight is 236 g/mol. The fourth-order valence-corrected chi connectivity index (χ4v) is 2.39. The molecule has 0 N–H and O–H groups in total. The van der Waals surface area contributed by atoms with Gasteiger partial charge in [0.2, 0.25) is 0 Å². The molecular formula is C16H12O2. The van der Waals surface area contributed by atoms with Gasteiger partial charge in [0.25, 0.3) is 0 Å². The highest BCUT2D eigenvalue weighted by Gasteiger charge is 2.25. The molecule has 0 aromatic heterocycles. The van der Waals surface area contributed by atoms with E-state index in [-0.39, 0.29) is 17.5 Å². The molecule has 1 aromatic carbocycles. The first-order valence-corrected chi connectivity index (χ1v) is 5.99. The summed E-state index contributed by atoms with van der Waals surface area (Å²) in [7, 11) is 0. The molecule has 0 amide bonds. The minimum atomic E-state index is -0.0637. The molecule has 18 heavy (non-hydrogen) atoms. The van der Waals surface area contributed by atoms with Crippen LogP contribution in [0.25, 0.3) is 0 Å². The molecule has 0 unspecified atom stereocenters. The van der Waals surface area contributed by atoms with E-state index in [1.165, 1.54) is 6.08 Å². The van der Waals surface area contributed by atoms with Gasteiger partial charge >= 0.3 is 0 Å². The maximum atomic E-state index is 12.3. The lowest BCUT2D eigenvalue weighted by Crippen LogP contribution is -2.17. The highest BCUT2D eigenvalue weighted by Crippen LogP contribution is 2.27. The number of carbonyl (C=O) groups excluding carboxylic acids is 2. The van der Waals surface area contributed by atoms with Gasteiger partial charge in [0.1, 0.15) is 0 Å². The number of carbonyl (C=O) groups is 2. The van der Waals surface area contributed by atoms with E-state index >= 15 is 0 Å². The smallest absolute Gasteiger partial charge is 0.189 e. The molecule has 0 fully saturated rings. The normalized spacial score (nSPS) is 18.1. The average Bonchev–Trinajstić information content (AvgIpc) is 2.89. The van der Waals surface area contributed by atoms with Crippen LogP contribution in [0.5, 0.6) is 0 Å². The van der Waals surface area contributed by atoms with Crippen molar-refractivity contribution in [1.29, 1.82) is 0 Å². The van der Waals surface area contributed by atoms with Crippen molar-refractivity contribution in [2.45, 2.75) is 6.42 Å². The Labute approximate surface area is 105 Å². The minimum absolute atomic E-state index is 0.0149. The number of fused-ring (bicyclic) bond motifs is 1. The minimum Gasteiger partial charge on any atom is -0.289 e. The van der Waals surface area contributed by atoms with Crippen molar-refractivity contribution in [1.82, 2.24) is 0 Å². The predicted molar refractivity (Wildman–Crippen MR) is 69.6 cm³/mol. The van der Waals surface area contributed by atoms with Crippen LogP contribution in [-0.2, 0) is 0 Å². The summed E-state index contributed by atoms with van der Waals surface area (Å²) in [5.74, 6) is 0.156. The molecule has 2 aliphatic carbocycles. The lowest BCUT2D eigenvalue weighted by atomic mass is 9.85. The Bertz CT molecular complexity index is 606. The van der Waals surface area contributed by atoms with Crippen molar-refractivity contribution in [3.05, 3.63) is 71.3 Å². The van der Waals surface area contributed by atoms with Crippen molar-refractivity contribution < 1.29 is 9.59 Å². The SMILES string of the molecule is O=C1C=C(CC2C=CC=C2)C(=O)c2ccccc21. The third-order valence-corrected chi connectivity index (χ3v) is 3.32. The number of ketones is 2. The molecule has 0 atom stereocenters. The largest absolute Gasteiger partial charge is 0.289 e. The third kappa shape index (κ3) is 1.76. The van der Waals surface area contributed by atoms with Crippen LogP contribution < -0.4 is 0 Å². The molecule has 0 bridgehead atoms. The van der Waals surface area contributed by atoms with Crippen LogP contribution in [-0.4, -0.2) is 11.6 Å². The number of hydrogen-bond donors (Lipinski definition) is 0. The summed E-state index contributed by atoms with van der Waals surface area (Å²) >= 11 is 0. The number of Topliss-reactive ketones (excluding diaryl/α,β-unsaturated/α-hetero) is 1. The van der Waals surface area contributed by atoms with E-state index < -0.39 is 0 Å². The summed E-state index contributed by atoms with van der Waals surface area (Å²) in [6.07, 6.45) is 10.1. The number of rotatable bonds is 2. The van der Waals surface area contributed by atoms with Crippen molar-refractivity contribution in [2.24, 2.45) is 5.92 Å². The van der Waals surface area contributed by atoms with Gasteiger partial charge in [-0.15, -0.1) is 0 Å². The number of benzene rings is 1. The maximum Gasteiger partial charge on any atom is 0.189 e. The lowest BCUT2D eigenvalue weighted by Gasteiger charge is -2.16. The molecule has 88 valence electrons. The highest BCUT2D eigenvalue weighted by molar-refractivity contribution is 6.24. The first-order valence-electron chi connectivity index (χ1n) is 5.99. The van der Waals surface area contributed by atoms with E-state index in [1.807, 2.05) is 24.3 Å². The zero-order valence-electron chi connectivity index (χ0n) is 9.80. The summed E-state index contributed by atoms with van der Waals surface area (Å²) in [5.41, 5.74) is 1.66. The summed E-state index contributed by atoms with van der Waals surface area (Å²) < 4.78 is 0. The second kappa shape index (κ2) is 4.22. The second-order valence-electron chi connectivity index (χ2n) is 4.55. The van der Waals surface area contributed by atoms with Gasteiger partial charge < -0.3 is 0 Å². The van der Waals surface area contributed by atoms with E-state index in [0.29, 0.717) is 23.1 Å². The van der Waals surface area contributed by atoms with Crippen molar-refractivity contribution in [2.75, 3.05) is 0 Å². The van der Waals surface area contributed by atoms with Crippen molar-refractivity contribution in [3.8, 4) is 0 Å². The molecule has 0 saturated heterocycles. The molecule has 0 heterocycles. The zero-order chi connectivity index (χ0) is 12.5. The van der Waals surface area contributed by atoms with Gasteiger partial charge in [-0.1, -0.05) is 48.6 Å². The molecular weight excluding hydrogens is 224 g/mol. The van der Waals surface area contributed by atoms with Gasteiger partial charge in [-0.25, -0.2) is 0 Å². The second-order valence-corrected chi connectivity index (χ2v) is 4.55. The Hall–Kier alpha value is -2.22. The van der Waals surface area contributed by atoms with Gasteiger partial charge in [0.05, 0.1) is 0 Å². The maximum absolute atomic E-state index is 12.3. The van der Waals surface area contributed by atoms with Gasteiger partial charge in [-0.3, -0.25) is 9.59 Å². The molecule has 0 radical (unpaired) electrons. The fraction of sp³-hybridized carbons (Fsp3) is 0.125. The molecule has 2 heteroatoms. The summed E-state index contributed by atoms with van der Waals surface area (Å²) in [6, 6.07) is 7.01. The van der Waals surface area contributed by atoms with Crippen LogP contribution >= 0.6 is 0 Å². The molecule has 0 spiro atoms. The van der Waals surface area contributed by atoms with Crippen LogP contribution in [0.1, 0.15) is 27.1 Å². The van der Waals surface area contributed by atoms with E-state index in [0.717, 1.165) is 0 Å². The fourth-order valence-electron chi connectivity index (χ4n) is 2.39. The molecule has 2 aliphatic rings. The standard InChI is InChI=1S/C16H12O2/c17-15-10-12(9-11-5-1-2-6-11)16(18)14-8-4-3-7-13(14)15/h1-8,10-11H,9H2. The summed E-state index contributed by atoms with van der Waals surface area (Å²) in [4.78, 5) is 24.2. The lowest BCUT2D eigenvalue weighted by molar-refractivity contribution is 0.0980. The van der Waals surface area contributed by atoms with Gasteiger partial charge in [0, 0.05) is 16.7 Å². The van der Waals surface area contributed by atoms with Crippen LogP contribution in [0.2, 0.25) is 0 Å². The zero-order valence-corrected chi connectivity index (χ0v) is 9.80. The predicted octanol–water partition coefficient (Wildman–Crippen LogP) is 3.12.